The molecule has 5 nitrogen and oxygen atoms in total. The molecule has 5 heteroatoms. The largest absolute Gasteiger partial charge is 0.436 e. The van der Waals surface area contributed by atoms with Gasteiger partial charge in [-0.15, -0.1) is 0 Å². The number of para-hydroxylation sites is 3. The topological polar surface area (TPSA) is 47.5 Å². The van der Waals surface area contributed by atoms with Gasteiger partial charge in [-0.3, -0.25) is 0 Å². The Bertz CT molecular complexity index is 802. The number of hydrogen-bond acceptors (Lipinski definition) is 5. The fourth-order valence-corrected chi connectivity index (χ4v) is 2.62. The van der Waals surface area contributed by atoms with Crippen molar-refractivity contribution in [3.63, 3.8) is 0 Å². The van der Waals surface area contributed by atoms with Crippen LogP contribution in [0.25, 0.3) is 11.0 Å². The molecule has 0 bridgehead atoms. The van der Waals surface area contributed by atoms with Crippen LogP contribution in [0.5, 0.6) is 11.6 Å². The van der Waals surface area contributed by atoms with Gasteiger partial charge in [-0.25, -0.2) is 9.97 Å². The summed E-state index contributed by atoms with van der Waals surface area (Å²) in [6, 6.07) is 17.5. The Hall–Kier alpha value is -2.66. The second-order valence-electron chi connectivity index (χ2n) is 5.36. The van der Waals surface area contributed by atoms with E-state index in [2.05, 4.69) is 9.88 Å². The number of hydrogen-bond donors (Lipinski definition) is 0. The summed E-state index contributed by atoms with van der Waals surface area (Å²) in [7, 11) is 0. The Morgan fingerprint density at radius 3 is 2.22 bits per heavy atom. The molecule has 2 aromatic carbocycles. The molecule has 116 valence electrons. The van der Waals surface area contributed by atoms with Crippen LogP contribution < -0.4 is 9.64 Å². The Labute approximate surface area is 134 Å². The van der Waals surface area contributed by atoms with E-state index in [1.165, 1.54) is 0 Å². The van der Waals surface area contributed by atoms with Crippen molar-refractivity contribution < 1.29 is 9.47 Å². The Kier molecular flexibility index (Phi) is 3.78. The van der Waals surface area contributed by atoms with E-state index >= 15 is 0 Å². The minimum atomic E-state index is 0.539. The molecule has 0 atom stereocenters. The minimum Gasteiger partial charge on any atom is -0.436 e. The first-order valence-electron chi connectivity index (χ1n) is 7.72. The van der Waals surface area contributed by atoms with Crippen LogP contribution in [-0.4, -0.2) is 36.3 Å². The van der Waals surface area contributed by atoms with Crippen molar-refractivity contribution in [1.82, 2.24) is 9.97 Å². The van der Waals surface area contributed by atoms with Gasteiger partial charge in [0.15, 0.2) is 5.82 Å². The van der Waals surface area contributed by atoms with Crippen LogP contribution in [0.15, 0.2) is 54.6 Å². The summed E-state index contributed by atoms with van der Waals surface area (Å²) < 4.78 is 11.5. The maximum Gasteiger partial charge on any atom is 0.263 e. The van der Waals surface area contributed by atoms with Gasteiger partial charge < -0.3 is 14.4 Å². The van der Waals surface area contributed by atoms with Crippen LogP contribution in [0, 0.1) is 0 Å². The smallest absolute Gasteiger partial charge is 0.263 e. The van der Waals surface area contributed by atoms with E-state index in [0.29, 0.717) is 19.1 Å². The molecule has 0 amide bonds. The Morgan fingerprint density at radius 2 is 1.48 bits per heavy atom. The first-order valence-corrected chi connectivity index (χ1v) is 7.72. The third-order valence-corrected chi connectivity index (χ3v) is 3.79. The molecule has 0 saturated carbocycles. The molecule has 0 N–H and O–H groups in total. The van der Waals surface area contributed by atoms with Crippen LogP contribution in [0.1, 0.15) is 0 Å². The molecule has 0 aliphatic carbocycles. The lowest BCUT2D eigenvalue weighted by Crippen LogP contribution is -2.37. The van der Waals surface area contributed by atoms with Gasteiger partial charge in [0.25, 0.3) is 5.88 Å². The number of morpholine rings is 1. The summed E-state index contributed by atoms with van der Waals surface area (Å²) in [5.74, 6) is 2.07. The number of ether oxygens (including phenoxy) is 2. The van der Waals surface area contributed by atoms with E-state index in [1.54, 1.807) is 0 Å². The van der Waals surface area contributed by atoms with Crippen molar-refractivity contribution in [1.29, 1.82) is 0 Å². The number of fused-ring (bicyclic) bond motifs is 1. The molecule has 1 aromatic heterocycles. The molecule has 4 rings (SSSR count). The third kappa shape index (κ3) is 2.96. The lowest BCUT2D eigenvalue weighted by molar-refractivity contribution is 0.122. The van der Waals surface area contributed by atoms with Gasteiger partial charge in [0.05, 0.1) is 24.2 Å². The molecule has 1 fully saturated rings. The Morgan fingerprint density at radius 1 is 0.826 bits per heavy atom. The van der Waals surface area contributed by atoms with Gasteiger partial charge in [-0.05, 0) is 24.3 Å². The maximum absolute atomic E-state index is 6.01. The van der Waals surface area contributed by atoms with Crippen LogP contribution in [0.4, 0.5) is 5.82 Å². The molecule has 3 aromatic rings. The molecule has 0 unspecified atom stereocenters. The zero-order valence-electron chi connectivity index (χ0n) is 12.7. The maximum atomic E-state index is 6.01. The standard InChI is InChI=1S/C18H17N3O2/c1-2-6-14(7-3-1)23-18-17(21-10-12-22-13-11-21)19-15-8-4-5-9-16(15)20-18/h1-9H,10-13H2. The molecule has 0 radical (unpaired) electrons. The van der Waals surface area contributed by atoms with E-state index in [-0.39, 0.29) is 0 Å². The Balaban J connectivity index is 1.78. The molecule has 2 heterocycles. The van der Waals surface area contributed by atoms with Crippen molar-refractivity contribution in [2.75, 3.05) is 31.2 Å². The van der Waals surface area contributed by atoms with E-state index in [9.17, 15) is 0 Å². The highest BCUT2D eigenvalue weighted by Crippen LogP contribution is 2.31. The first kappa shape index (κ1) is 14.0. The van der Waals surface area contributed by atoms with Crippen molar-refractivity contribution >= 4 is 16.9 Å². The third-order valence-electron chi connectivity index (χ3n) is 3.79. The summed E-state index contributed by atoms with van der Waals surface area (Å²) in [5, 5.41) is 0. The van der Waals surface area contributed by atoms with Gasteiger partial charge in [0.1, 0.15) is 5.75 Å². The lowest BCUT2D eigenvalue weighted by Gasteiger charge is -2.28. The molecule has 0 spiro atoms. The molecular formula is C18H17N3O2. The normalized spacial score (nSPS) is 14.9. The quantitative estimate of drug-likeness (QED) is 0.743. The number of nitrogens with zero attached hydrogens (tertiary/aromatic N) is 3. The summed E-state index contributed by atoms with van der Waals surface area (Å²) >= 11 is 0. The highest BCUT2D eigenvalue weighted by molar-refractivity contribution is 5.77. The SMILES string of the molecule is c1ccc(Oc2nc3ccccc3nc2N2CCOCC2)cc1. The van der Waals surface area contributed by atoms with Crippen molar-refractivity contribution in [3.05, 3.63) is 54.6 Å². The van der Waals surface area contributed by atoms with Gasteiger partial charge in [0.2, 0.25) is 0 Å². The van der Waals surface area contributed by atoms with Gasteiger partial charge >= 0.3 is 0 Å². The highest BCUT2D eigenvalue weighted by Gasteiger charge is 2.20. The van der Waals surface area contributed by atoms with Crippen molar-refractivity contribution in [3.8, 4) is 11.6 Å². The van der Waals surface area contributed by atoms with Crippen LogP contribution >= 0.6 is 0 Å². The van der Waals surface area contributed by atoms with Gasteiger partial charge in [-0.1, -0.05) is 30.3 Å². The summed E-state index contributed by atoms with van der Waals surface area (Å²) in [6.45, 7) is 2.97. The van der Waals surface area contributed by atoms with Crippen LogP contribution in [-0.2, 0) is 4.74 Å². The summed E-state index contributed by atoms with van der Waals surface area (Å²) in [5.41, 5.74) is 1.70. The molecule has 23 heavy (non-hydrogen) atoms. The number of rotatable bonds is 3. The van der Waals surface area contributed by atoms with E-state index in [4.69, 9.17) is 14.5 Å². The van der Waals surface area contributed by atoms with Crippen molar-refractivity contribution in [2.45, 2.75) is 0 Å². The summed E-state index contributed by atoms with van der Waals surface area (Å²) in [4.78, 5) is 11.6. The zero-order valence-corrected chi connectivity index (χ0v) is 12.7. The number of anilines is 1. The van der Waals surface area contributed by atoms with Crippen LogP contribution in [0.3, 0.4) is 0 Å². The fourth-order valence-electron chi connectivity index (χ4n) is 2.62. The molecule has 1 aliphatic heterocycles. The van der Waals surface area contributed by atoms with E-state index < -0.39 is 0 Å². The zero-order chi connectivity index (χ0) is 15.5. The lowest BCUT2D eigenvalue weighted by atomic mass is 10.3. The highest BCUT2D eigenvalue weighted by atomic mass is 16.5. The van der Waals surface area contributed by atoms with Crippen LogP contribution in [0.2, 0.25) is 0 Å². The molecule has 1 aliphatic rings. The average Bonchev–Trinajstić information content (AvgIpc) is 2.63. The fraction of sp³-hybridized carbons (Fsp3) is 0.222. The predicted octanol–water partition coefficient (Wildman–Crippen LogP) is 3.26. The molecular weight excluding hydrogens is 290 g/mol. The van der Waals surface area contributed by atoms with Crippen molar-refractivity contribution in [2.24, 2.45) is 0 Å². The van der Waals surface area contributed by atoms with Gasteiger partial charge in [0, 0.05) is 13.1 Å². The van der Waals surface area contributed by atoms with Gasteiger partial charge in [-0.2, -0.15) is 0 Å². The summed E-state index contributed by atoms with van der Waals surface area (Å²) in [6.07, 6.45) is 0. The number of benzene rings is 2. The van der Waals surface area contributed by atoms with E-state index in [1.807, 2.05) is 54.6 Å². The average molecular weight is 307 g/mol. The molecule has 1 saturated heterocycles. The number of aromatic nitrogens is 2. The minimum absolute atomic E-state index is 0.539. The predicted molar refractivity (Wildman–Crippen MR) is 89.1 cm³/mol. The first-order chi connectivity index (χ1) is 11.4. The second kappa shape index (κ2) is 6.22. The van der Waals surface area contributed by atoms with E-state index in [0.717, 1.165) is 35.7 Å². The second-order valence-corrected chi connectivity index (χ2v) is 5.36. The monoisotopic (exact) mass is 307 g/mol.